The van der Waals surface area contributed by atoms with E-state index in [9.17, 15) is 9.59 Å². The molecule has 0 N–H and O–H groups in total. The Morgan fingerprint density at radius 2 is 1.58 bits per heavy atom. The second-order valence-corrected chi connectivity index (χ2v) is 8.90. The van der Waals surface area contributed by atoms with Crippen molar-refractivity contribution in [3.63, 3.8) is 0 Å². The van der Waals surface area contributed by atoms with Crippen molar-refractivity contribution < 1.29 is 14.3 Å². The minimum atomic E-state index is 0.0887. The molecule has 2 aromatic rings. The molecule has 2 saturated heterocycles. The zero-order valence-corrected chi connectivity index (χ0v) is 18.6. The number of amides is 2. The first-order valence-electron chi connectivity index (χ1n) is 11.4. The lowest BCUT2D eigenvalue weighted by molar-refractivity contribution is 0.0632. The van der Waals surface area contributed by atoms with E-state index in [0.717, 1.165) is 62.2 Å². The molecule has 2 aromatic carbocycles. The van der Waals surface area contributed by atoms with E-state index in [1.54, 1.807) is 0 Å². The number of nitrogens with zero attached hydrogens (tertiary/aromatic N) is 2. The molecule has 0 saturated carbocycles. The van der Waals surface area contributed by atoms with E-state index < -0.39 is 0 Å². The van der Waals surface area contributed by atoms with E-state index in [2.05, 4.69) is 6.92 Å². The van der Waals surface area contributed by atoms with Gasteiger partial charge in [-0.15, -0.1) is 0 Å². The van der Waals surface area contributed by atoms with E-state index in [1.165, 1.54) is 5.56 Å². The summed E-state index contributed by atoms with van der Waals surface area (Å²) in [6.45, 7) is 7.85. The van der Waals surface area contributed by atoms with E-state index in [4.69, 9.17) is 4.74 Å². The molecule has 2 amide bonds. The van der Waals surface area contributed by atoms with Crippen LogP contribution in [0.4, 0.5) is 0 Å². The summed E-state index contributed by atoms with van der Waals surface area (Å²) in [5.74, 6) is 1.21. The second kappa shape index (κ2) is 9.54. The lowest BCUT2D eigenvalue weighted by Crippen LogP contribution is -2.41. The highest BCUT2D eigenvalue weighted by Gasteiger charge is 2.25. The highest BCUT2D eigenvalue weighted by Crippen LogP contribution is 2.23. The quantitative estimate of drug-likeness (QED) is 0.717. The van der Waals surface area contributed by atoms with Crippen molar-refractivity contribution in [2.45, 2.75) is 39.5 Å². The zero-order chi connectivity index (χ0) is 21.8. The van der Waals surface area contributed by atoms with Crippen molar-refractivity contribution in [1.29, 1.82) is 0 Å². The van der Waals surface area contributed by atoms with Gasteiger partial charge in [-0.05, 0) is 81.0 Å². The van der Waals surface area contributed by atoms with Crippen molar-refractivity contribution in [2.24, 2.45) is 5.92 Å². The molecule has 5 nitrogen and oxygen atoms in total. The second-order valence-electron chi connectivity index (χ2n) is 8.90. The van der Waals surface area contributed by atoms with Crippen molar-refractivity contribution in [3.05, 3.63) is 64.7 Å². The van der Waals surface area contributed by atoms with Crippen LogP contribution in [0.15, 0.2) is 42.5 Å². The number of aryl methyl sites for hydroxylation is 2. The number of carbonyl (C=O) groups is 2. The summed E-state index contributed by atoms with van der Waals surface area (Å²) in [5.41, 5.74) is 3.80. The molecule has 2 heterocycles. The largest absolute Gasteiger partial charge is 0.493 e. The summed E-state index contributed by atoms with van der Waals surface area (Å²) in [5, 5.41) is 0. The molecule has 31 heavy (non-hydrogen) atoms. The van der Waals surface area contributed by atoms with Crippen LogP contribution in [0.3, 0.4) is 0 Å². The standard InChI is InChI=1S/C26H32N2O3/c1-19-10-11-23(15-20(19)2)26(30)28-14-6-7-21(17-28)18-31-24-9-5-8-22(16-24)25(29)27-12-3-4-13-27/h5,8-11,15-16,21H,3-4,6-7,12-14,17-18H2,1-2H3. The van der Waals surface area contributed by atoms with Crippen molar-refractivity contribution >= 4 is 11.8 Å². The average Bonchev–Trinajstić information content (AvgIpc) is 3.34. The van der Waals surface area contributed by atoms with Gasteiger partial charge in [-0.1, -0.05) is 12.1 Å². The van der Waals surface area contributed by atoms with E-state index in [-0.39, 0.29) is 11.8 Å². The summed E-state index contributed by atoms with van der Waals surface area (Å²) < 4.78 is 6.06. The van der Waals surface area contributed by atoms with Crippen LogP contribution in [0.25, 0.3) is 0 Å². The summed E-state index contributed by atoms with van der Waals surface area (Å²) >= 11 is 0. The molecule has 164 valence electrons. The summed E-state index contributed by atoms with van der Waals surface area (Å²) in [7, 11) is 0. The molecular weight excluding hydrogens is 388 g/mol. The van der Waals surface area contributed by atoms with Gasteiger partial charge in [0.2, 0.25) is 0 Å². The maximum Gasteiger partial charge on any atom is 0.253 e. The Morgan fingerprint density at radius 3 is 2.35 bits per heavy atom. The first-order chi connectivity index (χ1) is 15.0. The van der Waals surface area contributed by atoms with Crippen LogP contribution >= 0.6 is 0 Å². The van der Waals surface area contributed by atoms with Crippen LogP contribution in [0.5, 0.6) is 5.75 Å². The van der Waals surface area contributed by atoms with Crippen molar-refractivity contribution in [2.75, 3.05) is 32.8 Å². The van der Waals surface area contributed by atoms with Crippen LogP contribution in [0, 0.1) is 19.8 Å². The third-order valence-electron chi connectivity index (χ3n) is 6.52. The minimum absolute atomic E-state index is 0.0887. The predicted molar refractivity (Wildman–Crippen MR) is 122 cm³/mol. The fourth-order valence-electron chi connectivity index (χ4n) is 4.48. The van der Waals surface area contributed by atoms with Gasteiger partial charge in [-0.2, -0.15) is 0 Å². The van der Waals surface area contributed by atoms with Gasteiger partial charge in [-0.3, -0.25) is 9.59 Å². The molecule has 1 unspecified atom stereocenters. The third kappa shape index (κ3) is 5.09. The van der Waals surface area contributed by atoms with Crippen LogP contribution in [0.2, 0.25) is 0 Å². The summed E-state index contributed by atoms with van der Waals surface area (Å²) in [4.78, 5) is 29.5. The number of benzene rings is 2. The van der Waals surface area contributed by atoms with E-state index in [0.29, 0.717) is 24.6 Å². The summed E-state index contributed by atoms with van der Waals surface area (Å²) in [6, 6.07) is 13.4. The van der Waals surface area contributed by atoms with Gasteiger partial charge in [0.1, 0.15) is 5.75 Å². The maximum atomic E-state index is 13.0. The molecule has 5 heteroatoms. The predicted octanol–water partition coefficient (Wildman–Crippen LogP) is 4.47. The van der Waals surface area contributed by atoms with Gasteiger partial charge < -0.3 is 14.5 Å². The van der Waals surface area contributed by atoms with Gasteiger partial charge in [0, 0.05) is 43.2 Å². The van der Waals surface area contributed by atoms with Gasteiger partial charge in [-0.25, -0.2) is 0 Å². The molecule has 2 aliphatic rings. The van der Waals surface area contributed by atoms with Crippen molar-refractivity contribution in [3.8, 4) is 5.75 Å². The first kappa shape index (κ1) is 21.4. The monoisotopic (exact) mass is 420 g/mol. The molecular formula is C26H32N2O3. The van der Waals surface area contributed by atoms with Gasteiger partial charge in [0.15, 0.2) is 0 Å². The Bertz CT molecular complexity index is 949. The lowest BCUT2D eigenvalue weighted by atomic mass is 9.97. The molecule has 1 atom stereocenters. The molecule has 0 radical (unpaired) electrons. The number of likely N-dealkylation sites (tertiary alicyclic amines) is 2. The van der Waals surface area contributed by atoms with Crippen LogP contribution < -0.4 is 4.74 Å². The Morgan fingerprint density at radius 1 is 0.871 bits per heavy atom. The SMILES string of the molecule is Cc1ccc(C(=O)N2CCCC(COc3cccc(C(=O)N4CCCC4)c3)C2)cc1C. The molecule has 0 aliphatic carbocycles. The normalized spacial score (nSPS) is 18.8. The highest BCUT2D eigenvalue weighted by molar-refractivity contribution is 5.95. The number of hydrogen-bond acceptors (Lipinski definition) is 3. The average molecular weight is 421 g/mol. The Hall–Kier alpha value is -2.82. The molecule has 2 fully saturated rings. The fraction of sp³-hybridized carbons (Fsp3) is 0.462. The molecule has 2 aliphatic heterocycles. The molecule has 4 rings (SSSR count). The number of piperidine rings is 1. The lowest BCUT2D eigenvalue weighted by Gasteiger charge is -2.33. The van der Waals surface area contributed by atoms with Gasteiger partial charge >= 0.3 is 0 Å². The maximum absolute atomic E-state index is 13.0. The van der Waals surface area contributed by atoms with E-state index in [1.807, 2.05) is 59.2 Å². The minimum Gasteiger partial charge on any atom is -0.493 e. The van der Waals surface area contributed by atoms with Crippen LogP contribution in [0.1, 0.15) is 57.5 Å². The Kier molecular flexibility index (Phi) is 6.59. The van der Waals surface area contributed by atoms with Crippen LogP contribution in [-0.2, 0) is 0 Å². The van der Waals surface area contributed by atoms with Crippen LogP contribution in [-0.4, -0.2) is 54.4 Å². The van der Waals surface area contributed by atoms with Gasteiger partial charge in [0.05, 0.1) is 6.61 Å². The highest BCUT2D eigenvalue weighted by atomic mass is 16.5. The number of carbonyl (C=O) groups excluding carboxylic acids is 2. The van der Waals surface area contributed by atoms with E-state index >= 15 is 0 Å². The molecule has 0 spiro atoms. The molecule has 0 aromatic heterocycles. The molecule has 0 bridgehead atoms. The number of rotatable bonds is 5. The Balaban J connectivity index is 1.34. The number of hydrogen-bond donors (Lipinski definition) is 0. The number of ether oxygens (including phenoxy) is 1. The van der Waals surface area contributed by atoms with Crippen molar-refractivity contribution in [1.82, 2.24) is 9.80 Å². The Labute approximate surface area is 185 Å². The first-order valence-corrected chi connectivity index (χ1v) is 11.4. The topological polar surface area (TPSA) is 49.9 Å². The third-order valence-corrected chi connectivity index (χ3v) is 6.52. The smallest absolute Gasteiger partial charge is 0.253 e. The van der Waals surface area contributed by atoms with Gasteiger partial charge in [0.25, 0.3) is 11.8 Å². The fourth-order valence-corrected chi connectivity index (χ4v) is 4.48. The zero-order valence-electron chi connectivity index (χ0n) is 18.6. The summed E-state index contributed by atoms with van der Waals surface area (Å²) in [6.07, 6.45) is 4.20.